The Morgan fingerprint density at radius 3 is 2.21 bits per heavy atom. The van der Waals surface area contributed by atoms with Crippen molar-refractivity contribution < 1.29 is 0 Å². The van der Waals surface area contributed by atoms with Crippen LogP contribution in [0.3, 0.4) is 0 Å². The average molecular weight is 258 g/mol. The van der Waals surface area contributed by atoms with E-state index in [2.05, 4.69) is 36.1 Å². The quantitative estimate of drug-likeness (QED) is 0.807. The van der Waals surface area contributed by atoms with Crippen molar-refractivity contribution in [2.45, 2.75) is 45.1 Å². The highest BCUT2D eigenvalue weighted by atomic mass is 15.1. The predicted octanol–water partition coefficient (Wildman–Crippen LogP) is 3.72. The van der Waals surface area contributed by atoms with Gasteiger partial charge in [-0.1, -0.05) is 25.1 Å². The molecular formula is C17H26N2. The Bertz CT molecular complexity index is 407. The van der Waals surface area contributed by atoms with Crippen molar-refractivity contribution >= 4 is 5.69 Å². The Morgan fingerprint density at radius 2 is 1.68 bits per heavy atom. The molecule has 19 heavy (non-hydrogen) atoms. The molecule has 0 aliphatic heterocycles. The third-order valence-corrected chi connectivity index (χ3v) is 4.47. The Hall–Kier alpha value is -1.02. The van der Waals surface area contributed by atoms with Crippen LogP contribution in [0, 0.1) is 11.8 Å². The fourth-order valence-electron chi connectivity index (χ4n) is 2.80. The number of hydrogen-bond donors (Lipinski definition) is 1. The molecule has 0 heterocycles. The van der Waals surface area contributed by atoms with Crippen LogP contribution in [0.5, 0.6) is 0 Å². The van der Waals surface area contributed by atoms with Gasteiger partial charge in [-0.2, -0.15) is 0 Å². The molecule has 2 heteroatoms. The van der Waals surface area contributed by atoms with E-state index >= 15 is 0 Å². The van der Waals surface area contributed by atoms with Gasteiger partial charge in [-0.15, -0.1) is 0 Å². The van der Waals surface area contributed by atoms with Crippen LogP contribution in [0.4, 0.5) is 5.69 Å². The lowest BCUT2D eigenvalue weighted by molar-refractivity contribution is 0.656. The second-order valence-electron chi connectivity index (χ2n) is 6.37. The Morgan fingerprint density at radius 1 is 1.11 bits per heavy atom. The number of nitrogens with zero attached hydrogens (tertiary/aromatic N) is 1. The summed E-state index contributed by atoms with van der Waals surface area (Å²) >= 11 is 0. The Labute approximate surface area is 117 Å². The van der Waals surface area contributed by atoms with Gasteiger partial charge in [-0.3, -0.25) is 0 Å². The standard InChI is InChI=1S/C17H26N2/c1-2-16(18)15-5-3-4-6-17(15)19(11-13-7-8-13)12-14-9-10-14/h3-6,13-14,16H,2,7-12,18H2,1H3/t16-/m0/s1. The fourth-order valence-corrected chi connectivity index (χ4v) is 2.80. The minimum atomic E-state index is 0.178. The molecule has 0 bridgehead atoms. The summed E-state index contributed by atoms with van der Waals surface area (Å²) in [5.74, 6) is 1.87. The minimum Gasteiger partial charge on any atom is -0.371 e. The monoisotopic (exact) mass is 258 g/mol. The topological polar surface area (TPSA) is 29.3 Å². The van der Waals surface area contributed by atoms with E-state index in [9.17, 15) is 0 Å². The van der Waals surface area contributed by atoms with Crippen LogP contribution in [-0.4, -0.2) is 13.1 Å². The van der Waals surface area contributed by atoms with Gasteiger partial charge < -0.3 is 10.6 Å². The van der Waals surface area contributed by atoms with E-state index in [-0.39, 0.29) is 6.04 Å². The Kier molecular flexibility index (Phi) is 3.79. The third-order valence-electron chi connectivity index (χ3n) is 4.47. The number of nitrogens with two attached hydrogens (primary N) is 1. The fraction of sp³-hybridized carbons (Fsp3) is 0.647. The van der Waals surface area contributed by atoms with Crippen LogP contribution < -0.4 is 10.6 Å². The summed E-state index contributed by atoms with van der Waals surface area (Å²) in [4.78, 5) is 2.63. The molecule has 1 aromatic carbocycles. The first kappa shape index (κ1) is 13.0. The molecule has 1 atom stereocenters. The van der Waals surface area contributed by atoms with Gasteiger partial charge in [-0.25, -0.2) is 0 Å². The molecule has 2 N–H and O–H groups in total. The molecule has 0 spiro atoms. The molecule has 0 aromatic heterocycles. The molecule has 2 aliphatic carbocycles. The molecule has 2 saturated carbocycles. The largest absolute Gasteiger partial charge is 0.371 e. The van der Waals surface area contributed by atoms with Crippen LogP contribution in [-0.2, 0) is 0 Å². The lowest BCUT2D eigenvalue weighted by Crippen LogP contribution is -2.30. The smallest absolute Gasteiger partial charge is 0.0414 e. The van der Waals surface area contributed by atoms with Gasteiger partial charge in [0.15, 0.2) is 0 Å². The summed E-state index contributed by atoms with van der Waals surface area (Å²) in [7, 11) is 0. The zero-order chi connectivity index (χ0) is 13.2. The van der Waals surface area contributed by atoms with E-state index in [1.807, 2.05) is 0 Å². The van der Waals surface area contributed by atoms with Crippen molar-refractivity contribution in [2.75, 3.05) is 18.0 Å². The van der Waals surface area contributed by atoms with E-state index in [1.54, 1.807) is 0 Å². The molecule has 0 radical (unpaired) electrons. The number of anilines is 1. The lowest BCUT2D eigenvalue weighted by Gasteiger charge is -2.29. The maximum atomic E-state index is 6.30. The van der Waals surface area contributed by atoms with Crippen LogP contribution >= 0.6 is 0 Å². The highest BCUT2D eigenvalue weighted by Gasteiger charge is 2.30. The summed E-state index contributed by atoms with van der Waals surface area (Å²) in [6, 6.07) is 8.96. The van der Waals surface area contributed by atoms with E-state index in [0.717, 1.165) is 18.3 Å². The summed E-state index contributed by atoms with van der Waals surface area (Å²) in [5.41, 5.74) is 9.04. The van der Waals surface area contributed by atoms with Crippen LogP contribution in [0.15, 0.2) is 24.3 Å². The van der Waals surface area contributed by atoms with Gasteiger partial charge in [-0.05, 0) is 55.6 Å². The van der Waals surface area contributed by atoms with Crippen LogP contribution in [0.1, 0.15) is 50.6 Å². The number of rotatable bonds is 7. The van der Waals surface area contributed by atoms with Gasteiger partial charge in [0.2, 0.25) is 0 Å². The summed E-state index contributed by atoms with van der Waals surface area (Å²) in [6.07, 6.45) is 6.69. The molecule has 0 saturated heterocycles. The van der Waals surface area contributed by atoms with Crippen LogP contribution in [0.25, 0.3) is 0 Å². The van der Waals surface area contributed by atoms with E-state index in [1.165, 1.54) is 50.0 Å². The van der Waals surface area contributed by atoms with Crippen molar-refractivity contribution in [3.05, 3.63) is 29.8 Å². The SMILES string of the molecule is CC[C@H](N)c1ccccc1N(CC1CC1)CC1CC1. The maximum Gasteiger partial charge on any atom is 0.0414 e. The lowest BCUT2D eigenvalue weighted by atomic mass is 10.0. The van der Waals surface area contributed by atoms with Gasteiger partial charge in [0.05, 0.1) is 0 Å². The molecule has 3 rings (SSSR count). The van der Waals surface area contributed by atoms with E-state index < -0.39 is 0 Å². The molecule has 104 valence electrons. The molecule has 2 nitrogen and oxygen atoms in total. The predicted molar refractivity (Wildman–Crippen MR) is 81.3 cm³/mol. The van der Waals surface area contributed by atoms with Gasteiger partial charge in [0.1, 0.15) is 0 Å². The number of hydrogen-bond acceptors (Lipinski definition) is 2. The summed E-state index contributed by atoms with van der Waals surface area (Å²) < 4.78 is 0. The summed E-state index contributed by atoms with van der Waals surface area (Å²) in [6.45, 7) is 4.65. The average Bonchev–Trinajstić information content (AvgIpc) is 3.32. The van der Waals surface area contributed by atoms with Crippen molar-refractivity contribution in [3.8, 4) is 0 Å². The minimum absolute atomic E-state index is 0.178. The second-order valence-corrected chi connectivity index (χ2v) is 6.37. The van der Waals surface area contributed by atoms with Gasteiger partial charge in [0.25, 0.3) is 0 Å². The van der Waals surface area contributed by atoms with E-state index in [0.29, 0.717) is 0 Å². The Balaban J connectivity index is 1.82. The molecule has 0 amide bonds. The number of para-hydroxylation sites is 1. The van der Waals surface area contributed by atoms with Gasteiger partial charge in [0, 0.05) is 24.8 Å². The number of benzene rings is 1. The van der Waals surface area contributed by atoms with Gasteiger partial charge >= 0.3 is 0 Å². The highest BCUT2D eigenvalue weighted by molar-refractivity contribution is 5.55. The first-order chi connectivity index (χ1) is 9.28. The highest BCUT2D eigenvalue weighted by Crippen LogP contribution is 2.37. The molecule has 0 unspecified atom stereocenters. The normalized spacial score (nSPS) is 20.3. The molecular weight excluding hydrogens is 232 g/mol. The molecule has 2 aliphatic rings. The van der Waals surface area contributed by atoms with Crippen molar-refractivity contribution in [1.29, 1.82) is 0 Å². The summed E-state index contributed by atoms with van der Waals surface area (Å²) in [5, 5.41) is 0. The maximum absolute atomic E-state index is 6.30. The van der Waals surface area contributed by atoms with Crippen molar-refractivity contribution in [3.63, 3.8) is 0 Å². The van der Waals surface area contributed by atoms with E-state index in [4.69, 9.17) is 5.73 Å². The van der Waals surface area contributed by atoms with Crippen molar-refractivity contribution in [1.82, 2.24) is 0 Å². The second kappa shape index (κ2) is 5.54. The van der Waals surface area contributed by atoms with Crippen LogP contribution in [0.2, 0.25) is 0 Å². The first-order valence-corrected chi connectivity index (χ1v) is 7.87. The first-order valence-electron chi connectivity index (χ1n) is 7.87. The zero-order valence-electron chi connectivity index (χ0n) is 12.0. The molecule has 2 fully saturated rings. The molecule has 1 aromatic rings. The van der Waals surface area contributed by atoms with Crippen molar-refractivity contribution in [2.24, 2.45) is 17.6 Å². The zero-order valence-corrected chi connectivity index (χ0v) is 12.0. The third kappa shape index (κ3) is 3.30.